The van der Waals surface area contributed by atoms with Crippen LogP contribution in [0.25, 0.3) is 33.4 Å². The third-order valence-corrected chi connectivity index (χ3v) is 5.70. The van der Waals surface area contributed by atoms with Crippen LogP contribution in [0, 0.1) is 25.5 Å². The van der Waals surface area contributed by atoms with Crippen molar-refractivity contribution in [1.29, 1.82) is 0 Å². The van der Waals surface area contributed by atoms with Crippen LogP contribution >= 0.6 is 0 Å². The predicted molar refractivity (Wildman–Crippen MR) is 132 cm³/mol. The fraction of sp³-hybridized carbons (Fsp3) is 0.120. The molecule has 2 N–H and O–H groups in total. The molecule has 0 saturated carbocycles. The summed E-state index contributed by atoms with van der Waals surface area (Å²) in [5, 5.41) is 0.612. The second-order valence-corrected chi connectivity index (χ2v) is 8.00. The molecule has 4 aromatic heterocycles. The molecule has 0 amide bonds. The molecule has 0 radical (unpaired) electrons. The predicted octanol–water partition coefficient (Wildman–Crippen LogP) is 4.09. The second-order valence-electron chi connectivity index (χ2n) is 8.00. The first-order chi connectivity index (χ1) is 16.9. The van der Waals surface area contributed by atoms with E-state index < -0.39 is 5.82 Å². The summed E-state index contributed by atoms with van der Waals surface area (Å²) in [5.41, 5.74) is 11.9. The number of hydrogen-bond acceptors (Lipinski definition) is 7. The Kier molecular flexibility index (Phi) is 5.51. The van der Waals surface area contributed by atoms with Crippen LogP contribution in [0.15, 0.2) is 49.1 Å². The van der Waals surface area contributed by atoms with E-state index in [1.807, 2.05) is 24.6 Å². The number of nitrogen functional groups attached to an aromatic ring is 1. The minimum absolute atomic E-state index is 0.00146. The number of nitrogens with two attached hydrogens (primary N) is 1. The van der Waals surface area contributed by atoms with Crippen molar-refractivity contribution < 1.29 is 9.13 Å². The zero-order chi connectivity index (χ0) is 24.7. The van der Waals surface area contributed by atoms with Crippen molar-refractivity contribution in [2.75, 3.05) is 5.73 Å². The summed E-state index contributed by atoms with van der Waals surface area (Å²) in [5.74, 6) is 2.25. The van der Waals surface area contributed by atoms with E-state index in [-0.39, 0.29) is 17.6 Å². The number of nitrogens with zero attached hydrogens (tertiary/aromatic N) is 6. The number of ether oxygens (including phenoxy) is 1. The molecule has 0 atom stereocenters. The molecule has 1 aromatic carbocycles. The average molecular weight is 463 g/mol. The summed E-state index contributed by atoms with van der Waals surface area (Å²) in [6.45, 7) is 3.74. The molecule has 0 unspecified atom stereocenters. The second kappa shape index (κ2) is 8.66. The summed E-state index contributed by atoms with van der Waals surface area (Å²) >= 11 is 0. The first-order valence-corrected chi connectivity index (χ1v) is 10.7. The quantitative estimate of drug-likeness (QED) is 0.400. The van der Waals surface area contributed by atoms with Gasteiger partial charge in [-0.25, -0.2) is 9.97 Å². The van der Waals surface area contributed by atoms with Gasteiger partial charge in [0, 0.05) is 11.9 Å². The number of fused-ring (bicyclic) bond motifs is 1. The molecule has 4 heterocycles. The molecule has 0 saturated heterocycles. The normalized spacial score (nSPS) is 11.0. The van der Waals surface area contributed by atoms with Crippen molar-refractivity contribution in [3.63, 3.8) is 0 Å². The zero-order valence-electron chi connectivity index (χ0n) is 19.2. The van der Waals surface area contributed by atoms with Crippen molar-refractivity contribution in [1.82, 2.24) is 29.5 Å². The van der Waals surface area contributed by atoms with Crippen LogP contribution in [0.2, 0.25) is 0 Å². The first kappa shape index (κ1) is 22.2. The van der Waals surface area contributed by atoms with Crippen LogP contribution in [0.3, 0.4) is 0 Å². The molecule has 0 aliphatic carbocycles. The van der Waals surface area contributed by atoms with Gasteiger partial charge in [-0.1, -0.05) is 0 Å². The monoisotopic (exact) mass is 463 g/mol. The van der Waals surface area contributed by atoms with Crippen LogP contribution in [0.1, 0.15) is 17.0 Å². The Hall–Kier alpha value is -4.56. The van der Waals surface area contributed by atoms with Gasteiger partial charge < -0.3 is 0 Å². The first-order valence-electron chi connectivity index (χ1n) is 10.7. The number of benzene rings is 1. The summed E-state index contributed by atoms with van der Waals surface area (Å²) in [7, 11) is 7.38. The number of pyridine rings is 1. The molecule has 0 bridgehead atoms. The van der Waals surface area contributed by atoms with E-state index in [1.54, 1.807) is 31.5 Å². The Labute approximate surface area is 201 Å². The molecule has 0 fully saturated rings. The summed E-state index contributed by atoms with van der Waals surface area (Å²) in [6.07, 6.45) is 4.66. The third kappa shape index (κ3) is 3.90. The topological polar surface area (TPSA) is 105 Å². The number of halogens is 1. The van der Waals surface area contributed by atoms with E-state index in [1.165, 1.54) is 18.5 Å². The van der Waals surface area contributed by atoms with Crippen LogP contribution in [-0.4, -0.2) is 36.8 Å². The van der Waals surface area contributed by atoms with Gasteiger partial charge in [-0.05, 0) is 13.0 Å². The van der Waals surface area contributed by atoms with Gasteiger partial charge in [0.15, 0.2) is 0 Å². The van der Waals surface area contributed by atoms with Crippen molar-refractivity contribution >= 4 is 24.2 Å². The van der Waals surface area contributed by atoms with Crippen molar-refractivity contribution in [2.24, 2.45) is 7.05 Å². The van der Waals surface area contributed by atoms with Gasteiger partial charge in [-0.3, -0.25) is 0 Å². The Bertz CT molecular complexity index is 1660. The molecule has 0 spiro atoms. The van der Waals surface area contributed by atoms with Gasteiger partial charge >= 0.3 is 166 Å². The Morgan fingerprint density at radius 1 is 1.09 bits per heavy atom. The van der Waals surface area contributed by atoms with Gasteiger partial charge in [0.2, 0.25) is 0 Å². The van der Waals surface area contributed by atoms with Crippen LogP contribution < -0.4 is 10.5 Å². The van der Waals surface area contributed by atoms with Crippen molar-refractivity contribution in [3.05, 3.63) is 71.8 Å². The summed E-state index contributed by atoms with van der Waals surface area (Å²) in [6, 6.07) is 8.28. The molecule has 170 valence electrons. The van der Waals surface area contributed by atoms with Gasteiger partial charge in [-0.2, -0.15) is 0 Å². The molecule has 35 heavy (non-hydrogen) atoms. The van der Waals surface area contributed by atoms with Gasteiger partial charge in [-0.15, -0.1) is 0 Å². The van der Waals surface area contributed by atoms with E-state index in [2.05, 4.69) is 30.7 Å². The van der Waals surface area contributed by atoms with E-state index >= 15 is 4.39 Å². The number of anilines is 1. The van der Waals surface area contributed by atoms with E-state index in [9.17, 15) is 0 Å². The molecule has 8 nitrogen and oxygen atoms in total. The molecule has 10 heteroatoms. The maximum atomic E-state index is 15.3. The molecule has 5 aromatic rings. The zero-order valence-corrected chi connectivity index (χ0v) is 19.2. The number of aromatic nitrogens is 6. The fourth-order valence-corrected chi connectivity index (χ4v) is 4.07. The van der Waals surface area contributed by atoms with Gasteiger partial charge in [0.05, 0.1) is 0 Å². The van der Waals surface area contributed by atoms with E-state index in [4.69, 9.17) is 17.8 Å². The van der Waals surface area contributed by atoms with Gasteiger partial charge in [0.1, 0.15) is 0 Å². The van der Waals surface area contributed by atoms with Crippen molar-refractivity contribution in [2.45, 2.75) is 13.8 Å². The summed E-state index contributed by atoms with van der Waals surface area (Å²) in [4.78, 5) is 21.2. The van der Waals surface area contributed by atoms with Crippen LogP contribution in [0.4, 0.5) is 10.2 Å². The van der Waals surface area contributed by atoms with E-state index in [0.717, 1.165) is 16.8 Å². The fourth-order valence-electron chi connectivity index (χ4n) is 4.07. The van der Waals surface area contributed by atoms with Gasteiger partial charge in [0.25, 0.3) is 0 Å². The number of hydrogen-bond donors (Lipinski definition) is 1. The molecule has 0 aliphatic heterocycles. The van der Waals surface area contributed by atoms with Crippen molar-refractivity contribution in [3.8, 4) is 39.9 Å². The van der Waals surface area contributed by atoms with Crippen LogP contribution in [-0.2, 0) is 7.05 Å². The average Bonchev–Trinajstić information content (AvgIpc) is 3.14. The summed E-state index contributed by atoms with van der Waals surface area (Å²) < 4.78 is 22.7. The van der Waals surface area contributed by atoms with Crippen LogP contribution in [0.5, 0.6) is 11.8 Å². The third-order valence-electron chi connectivity index (χ3n) is 5.70. The molecular weight excluding hydrogens is 444 g/mol. The number of rotatable bonds is 4. The van der Waals surface area contributed by atoms with E-state index in [0.29, 0.717) is 33.5 Å². The molecular formula is C25H19BFN7O. The Morgan fingerprint density at radius 2 is 1.91 bits per heavy atom. The SMILES string of the molecule is B#Cc1cc(C)c(-c2c(-c3ccc(Oc4nccc(C)n4)c(F)c3)c3c(N)ncnc3n2C)cn1. The Balaban J connectivity index is 1.71. The molecule has 0 aliphatic rings. The standard InChI is InChI=1S/C25H19BFN7O/c1-13-8-16(10-26)30-11-17(13)22-20(21-23(28)31-12-32-24(21)34(22)3)15-4-5-19(18(27)9-15)35-25-29-7-6-14(2)33-25/h4-9,11-12H,1-3H3,(H2,28,31,32). The molecule has 5 rings (SSSR count). The minimum atomic E-state index is -0.580. The maximum absolute atomic E-state index is 15.3. The number of aryl methyl sites for hydroxylation is 3. The Morgan fingerprint density at radius 3 is 2.63 bits per heavy atom.